The summed E-state index contributed by atoms with van der Waals surface area (Å²) in [4.78, 5) is 0. The second kappa shape index (κ2) is 6.94. The quantitative estimate of drug-likeness (QED) is 0.386. The number of oxime groups is 1. The fraction of sp³-hybridized carbons (Fsp3) is 0.588. The largest absolute Gasteiger partial charge is 0.409 e. The van der Waals surface area contributed by atoms with Gasteiger partial charge < -0.3 is 15.7 Å². The highest BCUT2D eigenvalue weighted by Gasteiger charge is 2.25. The van der Waals surface area contributed by atoms with Crippen LogP contribution in [0, 0.1) is 18.8 Å². The molecule has 0 spiro atoms. The molecular formula is C17H26N2O2. The van der Waals surface area contributed by atoms with Crippen molar-refractivity contribution in [3.63, 3.8) is 0 Å². The first kappa shape index (κ1) is 15.8. The Morgan fingerprint density at radius 1 is 1.33 bits per heavy atom. The van der Waals surface area contributed by atoms with Gasteiger partial charge in [-0.05, 0) is 55.2 Å². The molecule has 1 aromatic rings. The summed E-state index contributed by atoms with van der Waals surface area (Å²) in [5.41, 5.74) is 8.61. The van der Waals surface area contributed by atoms with E-state index in [9.17, 15) is 0 Å². The minimum atomic E-state index is 0.140. The van der Waals surface area contributed by atoms with Gasteiger partial charge in [-0.1, -0.05) is 31.1 Å². The number of aryl methyl sites for hydroxylation is 1. The Labute approximate surface area is 127 Å². The summed E-state index contributed by atoms with van der Waals surface area (Å²) in [5.74, 6) is 1.69. The number of rotatable bonds is 4. The molecule has 1 aromatic carbocycles. The summed E-state index contributed by atoms with van der Waals surface area (Å²) >= 11 is 0. The van der Waals surface area contributed by atoms with Crippen LogP contribution >= 0.6 is 0 Å². The van der Waals surface area contributed by atoms with Crippen LogP contribution in [-0.2, 0) is 11.3 Å². The standard InChI is InChI=1S/C17H26N2O2/c1-11-4-7-16(9-12(11)2)21-10-15-6-5-14(8-13(15)3)17(18)19-20/h5-6,8,11-12,16,20H,4,7,9-10H2,1-3H3,(H2,18,19). The fourth-order valence-corrected chi connectivity index (χ4v) is 2.93. The van der Waals surface area contributed by atoms with Crippen molar-refractivity contribution in [1.29, 1.82) is 0 Å². The molecule has 0 heterocycles. The normalized spacial score (nSPS) is 26.8. The van der Waals surface area contributed by atoms with Gasteiger partial charge in [-0.15, -0.1) is 0 Å². The zero-order valence-corrected chi connectivity index (χ0v) is 13.2. The monoisotopic (exact) mass is 290 g/mol. The van der Waals surface area contributed by atoms with Gasteiger partial charge in [0.25, 0.3) is 0 Å². The Kier molecular flexibility index (Phi) is 5.23. The minimum Gasteiger partial charge on any atom is -0.409 e. The molecule has 3 atom stereocenters. The van der Waals surface area contributed by atoms with Crippen LogP contribution in [0.15, 0.2) is 23.4 Å². The van der Waals surface area contributed by atoms with Gasteiger partial charge in [0.15, 0.2) is 5.84 Å². The number of nitrogens with zero attached hydrogens (tertiary/aromatic N) is 1. The van der Waals surface area contributed by atoms with Crippen LogP contribution in [0.3, 0.4) is 0 Å². The Morgan fingerprint density at radius 3 is 2.71 bits per heavy atom. The highest BCUT2D eigenvalue weighted by molar-refractivity contribution is 5.97. The topological polar surface area (TPSA) is 67.8 Å². The smallest absolute Gasteiger partial charge is 0.170 e. The molecule has 4 heteroatoms. The van der Waals surface area contributed by atoms with Gasteiger partial charge in [0.2, 0.25) is 0 Å². The summed E-state index contributed by atoms with van der Waals surface area (Å²) in [5, 5.41) is 11.7. The van der Waals surface area contributed by atoms with E-state index in [-0.39, 0.29) is 5.84 Å². The maximum atomic E-state index is 8.71. The van der Waals surface area contributed by atoms with Crippen LogP contribution in [0.25, 0.3) is 0 Å². The molecule has 1 aliphatic carbocycles. The van der Waals surface area contributed by atoms with E-state index in [1.807, 2.05) is 25.1 Å². The molecule has 1 fully saturated rings. The molecule has 1 saturated carbocycles. The summed E-state index contributed by atoms with van der Waals surface area (Å²) < 4.78 is 6.08. The van der Waals surface area contributed by atoms with Crippen LogP contribution in [0.2, 0.25) is 0 Å². The van der Waals surface area contributed by atoms with Crippen LogP contribution < -0.4 is 5.73 Å². The fourth-order valence-electron chi connectivity index (χ4n) is 2.93. The van der Waals surface area contributed by atoms with Crippen molar-refractivity contribution < 1.29 is 9.94 Å². The van der Waals surface area contributed by atoms with Crippen LogP contribution in [0.5, 0.6) is 0 Å². The second-order valence-electron chi connectivity index (χ2n) is 6.33. The third-order valence-corrected chi connectivity index (χ3v) is 4.77. The van der Waals surface area contributed by atoms with E-state index < -0.39 is 0 Å². The molecular weight excluding hydrogens is 264 g/mol. The van der Waals surface area contributed by atoms with E-state index in [2.05, 4.69) is 19.0 Å². The van der Waals surface area contributed by atoms with Gasteiger partial charge >= 0.3 is 0 Å². The van der Waals surface area contributed by atoms with Crippen molar-refractivity contribution >= 4 is 5.84 Å². The maximum absolute atomic E-state index is 8.71. The minimum absolute atomic E-state index is 0.140. The zero-order valence-electron chi connectivity index (χ0n) is 13.2. The van der Waals surface area contributed by atoms with Crippen LogP contribution in [0.4, 0.5) is 0 Å². The van der Waals surface area contributed by atoms with Gasteiger partial charge in [-0.3, -0.25) is 0 Å². The van der Waals surface area contributed by atoms with Gasteiger partial charge in [-0.25, -0.2) is 0 Å². The molecule has 3 unspecified atom stereocenters. The summed E-state index contributed by atoms with van der Waals surface area (Å²) in [6.07, 6.45) is 3.95. The molecule has 0 bridgehead atoms. The molecule has 0 saturated heterocycles. The molecule has 0 aromatic heterocycles. The predicted octanol–water partition coefficient (Wildman–Crippen LogP) is 3.43. The Hall–Kier alpha value is -1.55. The highest BCUT2D eigenvalue weighted by atomic mass is 16.5. The number of amidine groups is 1. The second-order valence-corrected chi connectivity index (χ2v) is 6.33. The first-order chi connectivity index (χ1) is 10.0. The highest BCUT2D eigenvalue weighted by Crippen LogP contribution is 2.31. The average molecular weight is 290 g/mol. The van der Waals surface area contributed by atoms with Crippen molar-refractivity contribution in [3.8, 4) is 0 Å². The van der Waals surface area contributed by atoms with Crippen LogP contribution in [0.1, 0.15) is 49.8 Å². The Bertz CT molecular complexity index is 514. The van der Waals surface area contributed by atoms with Gasteiger partial charge in [-0.2, -0.15) is 0 Å². The van der Waals surface area contributed by atoms with Crippen LogP contribution in [-0.4, -0.2) is 17.1 Å². The lowest BCUT2D eigenvalue weighted by atomic mass is 9.80. The number of hydrogen-bond donors (Lipinski definition) is 2. The average Bonchev–Trinajstić information content (AvgIpc) is 2.48. The van der Waals surface area contributed by atoms with Crippen molar-refractivity contribution in [1.82, 2.24) is 0 Å². The van der Waals surface area contributed by atoms with Gasteiger partial charge in [0.05, 0.1) is 12.7 Å². The van der Waals surface area contributed by atoms with Crippen molar-refractivity contribution in [2.24, 2.45) is 22.7 Å². The van der Waals surface area contributed by atoms with E-state index in [0.29, 0.717) is 12.7 Å². The molecule has 1 aliphatic rings. The van der Waals surface area contributed by atoms with E-state index in [1.54, 1.807) is 0 Å². The molecule has 4 nitrogen and oxygen atoms in total. The summed E-state index contributed by atoms with van der Waals surface area (Å²) in [7, 11) is 0. The SMILES string of the molecule is Cc1cc(/C(N)=N/O)ccc1COC1CCC(C)C(C)C1. The van der Waals surface area contributed by atoms with Crippen molar-refractivity contribution in [3.05, 3.63) is 34.9 Å². The first-order valence-corrected chi connectivity index (χ1v) is 7.70. The number of hydrogen-bond acceptors (Lipinski definition) is 3. The van der Waals surface area contributed by atoms with Crippen molar-refractivity contribution in [2.45, 2.75) is 52.7 Å². The van der Waals surface area contributed by atoms with Crippen molar-refractivity contribution in [2.75, 3.05) is 0 Å². The molecule has 2 rings (SSSR count). The molecule has 3 N–H and O–H groups in total. The van der Waals surface area contributed by atoms with Gasteiger partial charge in [0.1, 0.15) is 0 Å². The van der Waals surface area contributed by atoms with Gasteiger partial charge in [0, 0.05) is 5.56 Å². The summed E-state index contributed by atoms with van der Waals surface area (Å²) in [6.45, 7) is 7.31. The zero-order chi connectivity index (χ0) is 15.4. The van der Waals surface area contributed by atoms with E-state index >= 15 is 0 Å². The number of ether oxygens (including phenoxy) is 1. The number of nitrogens with two attached hydrogens (primary N) is 1. The molecule has 21 heavy (non-hydrogen) atoms. The predicted molar refractivity (Wildman–Crippen MR) is 84.4 cm³/mol. The molecule has 116 valence electrons. The Morgan fingerprint density at radius 2 is 2.10 bits per heavy atom. The molecule has 0 aliphatic heterocycles. The Balaban J connectivity index is 1.95. The lowest BCUT2D eigenvalue weighted by Crippen LogP contribution is -2.26. The lowest BCUT2D eigenvalue weighted by Gasteiger charge is -2.32. The molecule has 0 amide bonds. The third kappa shape index (κ3) is 3.97. The summed E-state index contributed by atoms with van der Waals surface area (Å²) in [6, 6.07) is 5.79. The first-order valence-electron chi connectivity index (χ1n) is 7.70. The molecule has 0 radical (unpaired) electrons. The third-order valence-electron chi connectivity index (χ3n) is 4.77. The van der Waals surface area contributed by atoms with E-state index in [4.69, 9.17) is 15.7 Å². The maximum Gasteiger partial charge on any atom is 0.170 e. The van der Waals surface area contributed by atoms with E-state index in [1.165, 1.54) is 6.42 Å². The number of benzene rings is 1. The lowest BCUT2D eigenvalue weighted by molar-refractivity contribution is -0.00762. The van der Waals surface area contributed by atoms with E-state index in [0.717, 1.165) is 41.4 Å².